The van der Waals surface area contributed by atoms with Gasteiger partial charge in [0.1, 0.15) is 0 Å². The zero-order valence-electron chi connectivity index (χ0n) is 12.9. The van der Waals surface area contributed by atoms with E-state index in [-0.39, 0.29) is 17.5 Å². The number of aromatic carboxylic acids is 1. The normalized spacial score (nSPS) is 18.2. The Morgan fingerprint density at radius 3 is 2.05 bits per heavy atom. The van der Waals surface area contributed by atoms with Crippen molar-refractivity contribution in [3.05, 3.63) is 35.4 Å². The second-order valence-electron chi connectivity index (χ2n) is 6.69. The van der Waals surface area contributed by atoms with Gasteiger partial charge in [-0.25, -0.2) is 4.79 Å². The van der Waals surface area contributed by atoms with Gasteiger partial charge < -0.3 is 10.0 Å². The SMILES string of the molecule is CN(C(=O)c1ccc(C(=O)O)cc1)C1CCC(C)(C)CC1. The molecule has 1 fully saturated rings. The van der Waals surface area contributed by atoms with Gasteiger partial charge in [-0.15, -0.1) is 0 Å². The highest BCUT2D eigenvalue weighted by atomic mass is 16.4. The van der Waals surface area contributed by atoms with Gasteiger partial charge >= 0.3 is 5.97 Å². The maximum Gasteiger partial charge on any atom is 0.335 e. The van der Waals surface area contributed by atoms with Crippen LogP contribution in [0.2, 0.25) is 0 Å². The number of hydrogen-bond acceptors (Lipinski definition) is 2. The summed E-state index contributed by atoms with van der Waals surface area (Å²) >= 11 is 0. The Morgan fingerprint density at radius 2 is 1.57 bits per heavy atom. The van der Waals surface area contributed by atoms with Gasteiger partial charge in [0.25, 0.3) is 5.91 Å². The lowest BCUT2D eigenvalue weighted by Crippen LogP contribution is -2.40. The predicted octanol–water partition coefficient (Wildman–Crippen LogP) is 3.43. The topological polar surface area (TPSA) is 57.6 Å². The number of hydrogen-bond donors (Lipinski definition) is 1. The zero-order valence-corrected chi connectivity index (χ0v) is 12.9. The van der Waals surface area contributed by atoms with Gasteiger partial charge in [0, 0.05) is 18.7 Å². The van der Waals surface area contributed by atoms with E-state index in [1.165, 1.54) is 12.1 Å². The Kier molecular flexibility index (Phi) is 4.35. The van der Waals surface area contributed by atoms with Gasteiger partial charge in [0.2, 0.25) is 0 Å². The first-order valence-electron chi connectivity index (χ1n) is 7.41. The molecular weight excluding hydrogens is 266 g/mol. The van der Waals surface area contributed by atoms with E-state index in [1.807, 2.05) is 11.9 Å². The predicted molar refractivity (Wildman–Crippen MR) is 81.5 cm³/mol. The first kappa shape index (κ1) is 15.5. The second-order valence-corrected chi connectivity index (χ2v) is 6.69. The highest BCUT2D eigenvalue weighted by molar-refractivity contribution is 5.95. The van der Waals surface area contributed by atoms with Crippen LogP contribution in [0.3, 0.4) is 0 Å². The monoisotopic (exact) mass is 289 g/mol. The van der Waals surface area contributed by atoms with Crippen LogP contribution in [-0.2, 0) is 0 Å². The first-order valence-corrected chi connectivity index (χ1v) is 7.41. The summed E-state index contributed by atoms with van der Waals surface area (Å²) in [5, 5.41) is 8.88. The van der Waals surface area contributed by atoms with E-state index < -0.39 is 5.97 Å². The molecule has 4 heteroatoms. The van der Waals surface area contributed by atoms with Crippen molar-refractivity contribution in [1.29, 1.82) is 0 Å². The van der Waals surface area contributed by atoms with Crippen molar-refractivity contribution in [1.82, 2.24) is 4.90 Å². The van der Waals surface area contributed by atoms with E-state index >= 15 is 0 Å². The van der Waals surface area contributed by atoms with E-state index in [1.54, 1.807) is 12.1 Å². The number of carboxylic acids is 1. The maximum absolute atomic E-state index is 12.5. The number of carbonyl (C=O) groups excluding carboxylic acids is 1. The molecule has 0 unspecified atom stereocenters. The molecule has 1 aromatic rings. The average Bonchev–Trinajstić information content (AvgIpc) is 2.46. The average molecular weight is 289 g/mol. The van der Waals surface area contributed by atoms with Crippen LogP contribution in [-0.4, -0.2) is 35.0 Å². The smallest absolute Gasteiger partial charge is 0.335 e. The van der Waals surface area contributed by atoms with E-state index in [0.717, 1.165) is 25.7 Å². The third-order valence-electron chi connectivity index (χ3n) is 4.56. The van der Waals surface area contributed by atoms with Crippen molar-refractivity contribution in [2.75, 3.05) is 7.05 Å². The molecule has 0 heterocycles. The molecule has 1 aliphatic carbocycles. The van der Waals surface area contributed by atoms with Crippen LogP contribution < -0.4 is 0 Å². The van der Waals surface area contributed by atoms with Crippen LogP contribution in [0, 0.1) is 5.41 Å². The molecule has 21 heavy (non-hydrogen) atoms. The second kappa shape index (κ2) is 5.88. The third kappa shape index (κ3) is 3.63. The summed E-state index contributed by atoms with van der Waals surface area (Å²) in [6.45, 7) is 4.55. The molecule has 1 aliphatic rings. The molecule has 2 rings (SSSR count). The number of amides is 1. The van der Waals surface area contributed by atoms with Gasteiger partial charge in [-0.2, -0.15) is 0 Å². The van der Waals surface area contributed by atoms with Gasteiger partial charge in [-0.3, -0.25) is 4.79 Å². The third-order valence-corrected chi connectivity index (χ3v) is 4.56. The van der Waals surface area contributed by atoms with Crippen LogP contribution in [0.25, 0.3) is 0 Å². The molecule has 0 aliphatic heterocycles. The highest BCUT2D eigenvalue weighted by Gasteiger charge is 2.30. The molecule has 114 valence electrons. The lowest BCUT2D eigenvalue weighted by Gasteiger charge is -2.38. The summed E-state index contributed by atoms with van der Waals surface area (Å²) in [6, 6.07) is 6.43. The Morgan fingerprint density at radius 1 is 1.10 bits per heavy atom. The van der Waals surface area contributed by atoms with Gasteiger partial charge in [-0.05, 0) is 55.4 Å². The van der Waals surface area contributed by atoms with Crippen LogP contribution in [0.4, 0.5) is 0 Å². The minimum absolute atomic E-state index is 0.0309. The quantitative estimate of drug-likeness (QED) is 0.927. The number of carboxylic acid groups (broad SMARTS) is 1. The van der Waals surface area contributed by atoms with Crippen LogP contribution >= 0.6 is 0 Å². The number of benzene rings is 1. The van der Waals surface area contributed by atoms with Gasteiger partial charge in [0.05, 0.1) is 5.56 Å². The fourth-order valence-corrected chi connectivity index (χ4v) is 2.90. The molecule has 0 radical (unpaired) electrons. The molecule has 0 aromatic heterocycles. The lowest BCUT2D eigenvalue weighted by atomic mass is 9.75. The minimum Gasteiger partial charge on any atom is -0.478 e. The van der Waals surface area contributed by atoms with Gasteiger partial charge in [0.15, 0.2) is 0 Å². The first-order chi connectivity index (χ1) is 9.80. The molecule has 0 atom stereocenters. The zero-order chi connectivity index (χ0) is 15.6. The van der Waals surface area contributed by atoms with E-state index in [4.69, 9.17) is 5.11 Å². The van der Waals surface area contributed by atoms with E-state index in [0.29, 0.717) is 11.0 Å². The molecule has 0 saturated heterocycles. The Labute approximate surface area is 125 Å². The van der Waals surface area contributed by atoms with Gasteiger partial charge in [-0.1, -0.05) is 13.8 Å². The van der Waals surface area contributed by atoms with Crippen LogP contribution in [0.5, 0.6) is 0 Å². The highest BCUT2D eigenvalue weighted by Crippen LogP contribution is 2.36. The standard InChI is InChI=1S/C17H23NO3/c1-17(2)10-8-14(9-11-17)18(3)15(19)12-4-6-13(7-5-12)16(20)21/h4-7,14H,8-11H2,1-3H3,(H,20,21). The number of carbonyl (C=O) groups is 2. The summed E-state index contributed by atoms with van der Waals surface area (Å²) < 4.78 is 0. The Hall–Kier alpha value is -1.84. The van der Waals surface area contributed by atoms with E-state index in [9.17, 15) is 9.59 Å². The van der Waals surface area contributed by atoms with E-state index in [2.05, 4.69) is 13.8 Å². The molecule has 1 amide bonds. The van der Waals surface area contributed by atoms with Crippen molar-refractivity contribution < 1.29 is 14.7 Å². The summed E-state index contributed by atoms with van der Waals surface area (Å²) in [5.41, 5.74) is 1.13. The molecule has 1 saturated carbocycles. The minimum atomic E-state index is -0.975. The molecule has 1 N–H and O–H groups in total. The fourth-order valence-electron chi connectivity index (χ4n) is 2.90. The summed E-state index contributed by atoms with van der Waals surface area (Å²) in [6.07, 6.45) is 4.32. The number of rotatable bonds is 3. The van der Waals surface area contributed by atoms with Crippen LogP contribution in [0.1, 0.15) is 60.2 Å². The molecular formula is C17H23NO3. The largest absolute Gasteiger partial charge is 0.478 e. The molecule has 4 nitrogen and oxygen atoms in total. The van der Waals surface area contributed by atoms with Crippen molar-refractivity contribution >= 4 is 11.9 Å². The summed E-state index contributed by atoms with van der Waals surface area (Å²) in [4.78, 5) is 25.1. The van der Waals surface area contributed by atoms with Crippen LogP contribution in [0.15, 0.2) is 24.3 Å². The lowest BCUT2D eigenvalue weighted by molar-refractivity contribution is 0.0633. The Balaban J connectivity index is 2.04. The van der Waals surface area contributed by atoms with Crippen molar-refractivity contribution in [2.45, 2.75) is 45.6 Å². The maximum atomic E-state index is 12.5. The molecule has 1 aromatic carbocycles. The molecule has 0 bridgehead atoms. The Bertz CT molecular complexity index is 523. The fraction of sp³-hybridized carbons (Fsp3) is 0.529. The number of nitrogens with zero attached hydrogens (tertiary/aromatic N) is 1. The van der Waals surface area contributed by atoms with Crippen molar-refractivity contribution in [3.8, 4) is 0 Å². The van der Waals surface area contributed by atoms with Crippen molar-refractivity contribution in [3.63, 3.8) is 0 Å². The summed E-state index contributed by atoms with van der Waals surface area (Å²) in [7, 11) is 1.84. The summed E-state index contributed by atoms with van der Waals surface area (Å²) in [5.74, 6) is -1.01. The van der Waals surface area contributed by atoms with Crippen molar-refractivity contribution in [2.24, 2.45) is 5.41 Å². The molecule has 0 spiro atoms.